The van der Waals surface area contributed by atoms with Crippen LogP contribution < -0.4 is 4.74 Å². The fourth-order valence-electron chi connectivity index (χ4n) is 5.76. The molecular formula is C32H52F2O5Si. The van der Waals surface area contributed by atoms with E-state index in [0.29, 0.717) is 32.1 Å². The molecule has 228 valence electrons. The molecule has 0 aromatic heterocycles. The molecule has 0 bridgehead atoms. The van der Waals surface area contributed by atoms with E-state index in [1.54, 1.807) is 7.11 Å². The van der Waals surface area contributed by atoms with Crippen LogP contribution in [0.1, 0.15) is 96.5 Å². The maximum atomic E-state index is 15.1. The smallest absolute Gasteiger partial charge is 0.306 e. The molecule has 5 nitrogen and oxygen atoms in total. The largest absolute Gasteiger partial charge is 0.497 e. The number of alkyl halides is 2. The van der Waals surface area contributed by atoms with Gasteiger partial charge < -0.3 is 13.9 Å². The standard InChI is InChI=1S/C32H52F2O5Si/c1-7-8-21-32(33,34)30(39-40(4,5)6)20-19-27-24(2)22-29(35)28(27)13-11-9-10-12-14-31(36)38-23-25-15-17-26(37-3)18-16-25/h15-18,24,27-28,30H,7-14,19-23H2,1-6H3/t24-,27+,28-,30?/m1/s1. The van der Waals surface area contributed by atoms with Gasteiger partial charge >= 0.3 is 5.97 Å². The third kappa shape index (κ3) is 12.0. The highest BCUT2D eigenvalue weighted by Gasteiger charge is 2.44. The summed E-state index contributed by atoms with van der Waals surface area (Å²) in [5.41, 5.74) is 0.919. The topological polar surface area (TPSA) is 61.8 Å². The molecule has 0 radical (unpaired) electrons. The number of Topliss-reactive ketones (excluding diaryl/α,β-unsaturated/α-hetero) is 1. The van der Waals surface area contributed by atoms with E-state index in [0.717, 1.165) is 49.8 Å². The Morgan fingerprint density at radius 1 is 1.05 bits per heavy atom. The SMILES string of the molecule is CCCCC(F)(F)C(CC[C@H]1[C@H](C)CC(=O)[C@@H]1CCCCCCC(=O)OCc1ccc(OC)cc1)O[Si](C)(C)C. The van der Waals surface area contributed by atoms with Gasteiger partial charge in [-0.05, 0) is 81.3 Å². The van der Waals surface area contributed by atoms with E-state index in [-0.39, 0.29) is 42.5 Å². The fourth-order valence-corrected chi connectivity index (χ4v) is 6.91. The Morgan fingerprint density at radius 3 is 2.35 bits per heavy atom. The zero-order chi connectivity index (χ0) is 29.8. The van der Waals surface area contributed by atoms with Crippen molar-refractivity contribution in [2.24, 2.45) is 17.8 Å². The van der Waals surface area contributed by atoms with Crippen molar-refractivity contribution in [3.63, 3.8) is 0 Å². The second kappa shape index (κ2) is 16.6. The van der Waals surface area contributed by atoms with Crippen LogP contribution in [0.2, 0.25) is 19.6 Å². The predicted octanol–water partition coefficient (Wildman–Crippen LogP) is 8.75. The maximum Gasteiger partial charge on any atom is 0.306 e. The second-order valence-corrected chi connectivity index (χ2v) is 17.0. The molecule has 1 aromatic rings. The minimum atomic E-state index is -2.84. The van der Waals surface area contributed by atoms with Crippen molar-refractivity contribution in [3.05, 3.63) is 29.8 Å². The van der Waals surface area contributed by atoms with Gasteiger partial charge in [0.25, 0.3) is 5.92 Å². The lowest BCUT2D eigenvalue weighted by Crippen LogP contribution is -2.43. The summed E-state index contributed by atoms with van der Waals surface area (Å²) in [5, 5.41) is 0. The number of methoxy groups -OCH3 is 1. The number of hydrogen-bond acceptors (Lipinski definition) is 5. The highest BCUT2D eigenvalue weighted by atomic mass is 28.4. The van der Waals surface area contributed by atoms with E-state index < -0.39 is 20.3 Å². The van der Waals surface area contributed by atoms with Crippen molar-refractivity contribution in [1.82, 2.24) is 0 Å². The van der Waals surface area contributed by atoms with Gasteiger partial charge in [0.05, 0.1) is 7.11 Å². The minimum Gasteiger partial charge on any atom is -0.497 e. The lowest BCUT2D eigenvalue weighted by atomic mass is 9.82. The third-order valence-corrected chi connectivity index (χ3v) is 8.97. The van der Waals surface area contributed by atoms with Gasteiger partial charge in [0.1, 0.15) is 24.2 Å². The number of carbonyl (C=O) groups excluding carboxylic acids is 2. The first-order valence-electron chi connectivity index (χ1n) is 15.2. The predicted molar refractivity (Wildman–Crippen MR) is 158 cm³/mol. The maximum absolute atomic E-state index is 15.1. The Balaban J connectivity index is 1.76. The van der Waals surface area contributed by atoms with Crippen LogP contribution in [0.15, 0.2) is 24.3 Å². The number of ether oxygens (including phenoxy) is 2. The summed E-state index contributed by atoms with van der Waals surface area (Å²) >= 11 is 0. The summed E-state index contributed by atoms with van der Waals surface area (Å²) < 4.78 is 46.7. The average Bonchev–Trinajstić information content (AvgIpc) is 3.17. The number of carbonyl (C=O) groups is 2. The first kappa shape index (κ1) is 34.4. The number of ketones is 1. The molecule has 40 heavy (non-hydrogen) atoms. The first-order valence-corrected chi connectivity index (χ1v) is 18.6. The Bertz CT molecular complexity index is 900. The van der Waals surface area contributed by atoms with Crippen molar-refractivity contribution in [2.45, 2.75) is 129 Å². The molecule has 0 aliphatic heterocycles. The lowest BCUT2D eigenvalue weighted by molar-refractivity contribution is -0.145. The molecule has 0 heterocycles. The second-order valence-electron chi connectivity index (χ2n) is 12.5. The van der Waals surface area contributed by atoms with Crippen molar-refractivity contribution in [1.29, 1.82) is 0 Å². The molecule has 1 fully saturated rings. The van der Waals surface area contributed by atoms with Crippen LogP contribution in [0.5, 0.6) is 5.75 Å². The summed E-state index contributed by atoms with van der Waals surface area (Å²) in [6.07, 6.45) is 6.12. The van der Waals surface area contributed by atoms with Crippen LogP contribution in [-0.4, -0.2) is 39.2 Å². The zero-order valence-corrected chi connectivity index (χ0v) is 26.6. The first-order chi connectivity index (χ1) is 18.9. The molecule has 2 rings (SSSR count). The van der Waals surface area contributed by atoms with Gasteiger partial charge in [0, 0.05) is 25.2 Å². The summed E-state index contributed by atoms with van der Waals surface area (Å²) in [6, 6.07) is 7.43. The van der Waals surface area contributed by atoms with Gasteiger partial charge in [-0.25, -0.2) is 8.78 Å². The number of esters is 1. The van der Waals surface area contributed by atoms with E-state index in [4.69, 9.17) is 13.9 Å². The average molecular weight is 583 g/mol. The molecule has 0 N–H and O–H groups in total. The molecular weight excluding hydrogens is 530 g/mol. The molecule has 4 atom stereocenters. The van der Waals surface area contributed by atoms with Crippen molar-refractivity contribution in [3.8, 4) is 5.75 Å². The third-order valence-electron chi connectivity index (χ3n) is 7.98. The summed E-state index contributed by atoms with van der Waals surface area (Å²) in [4.78, 5) is 24.9. The summed E-state index contributed by atoms with van der Waals surface area (Å²) in [5.74, 6) is -1.71. The molecule has 0 spiro atoms. The Morgan fingerprint density at radius 2 is 1.73 bits per heavy atom. The lowest BCUT2D eigenvalue weighted by Gasteiger charge is -2.34. The van der Waals surface area contributed by atoms with Gasteiger partial charge in [0.15, 0.2) is 8.32 Å². The van der Waals surface area contributed by atoms with E-state index in [2.05, 4.69) is 6.92 Å². The Labute approximate surface area is 241 Å². The van der Waals surface area contributed by atoms with Crippen LogP contribution >= 0.6 is 0 Å². The molecule has 1 saturated carbocycles. The van der Waals surface area contributed by atoms with Gasteiger partial charge in [-0.3, -0.25) is 9.59 Å². The monoisotopic (exact) mass is 582 g/mol. The van der Waals surface area contributed by atoms with E-state index in [1.807, 2.05) is 50.8 Å². The highest BCUT2D eigenvalue weighted by molar-refractivity contribution is 6.69. The van der Waals surface area contributed by atoms with Crippen molar-refractivity contribution < 1.29 is 32.3 Å². The van der Waals surface area contributed by atoms with Gasteiger partial charge in [-0.15, -0.1) is 0 Å². The molecule has 1 aliphatic rings. The molecule has 1 aliphatic carbocycles. The highest BCUT2D eigenvalue weighted by Crippen LogP contribution is 2.42. The quantitative estimate of drug-likeness (QED) is 0.0927. The zero-order valence-electron chi connectivity index (χ0n) is 25.6. The van der Waals surface area contributed by atoms with Crippen LogP contribution in [0.4, 0.5) is 8.78 Å². The number of halogens is 2. The molecule has 1 aromatic carbocycles. The van der Waals surface area contributed by atoms with Crippen LogP contribution in [0.25, 0.3) is 0 Å². The number of benzene rings is 1. The summed E-state index contributed by atoms with van der Waals surface area (Å²) in [6.45, 7) is 10.1. The fraction of sp³-hybridized carbons (Fsp3) is 0.750. The van der Waals surface area contributed by atoms with Gasteiger partial charge in [0.2, 0.25) is 0 Å². The molecule has 8 heteroatoms. The molecule has 1 unspecified atom stereocenters. The normalized spacial score (nSPS) is 20.5. The van der Waals surface area contributed by atoms with Crippen LogP contribution in [-0.2, 0) is 25.4 Å². The summed E-state index contributed by atoms with van der Waals surface area (Å²) in [7, 11) is -0.536. The molecule has 0 amide bonds. The Kier molecular flexibility index (Phi) is 14.3. The van der Waals surface area contributed by atoms with Crippen LogP contribution in [0, 0.1) is 17.8 Å². The Hall–Kier alpha value is -1.80. The van der Waals surface area contributed by atoms with Gasteiger partial charge in [-0.1, -0.05) is 51.7 Å². The molecule has 0 saturated heterocycles. The number of unbranched alkanes of at least 4 members (excludes halogenated alkanes) is 4. The number of rotatable bonds is 19. The van der Waals surface area contributed by atoms with E-state index >= 15 is 8.78 Å². The van der Waals surface area contributed by atoms with Crippen LogP contribution in [0.3, 0.4) is 0 Å². The van der Waals surface area contributed by atoms with Gasteiger partial charge in [-0.2, -0.15) is 0 Å². The van der Waals surface area contributed by atoms with E-state index in [9.17, 15) is 9.59 Å². The van der Waals surface area contributed by atoms with Crippen molar-refractivity contribution in [2.75, 3.05) is 7.11 Å². The minimum absolute atomic E-state index is 0.0544. The number of hydrogen-bond donors (Lipinski definition) is 0. The van der Waals surface area contributed by atoms with Crippen molar-refractivity contribution >= 4 is 20.1 Å². The van der Waals surface area contributed by atoms with E-state index in [1.165, 1.54) is 0 Å².